The number of hydrogen-bond acceptors (Lipinski definition) is 4. The first-order valence-corrected chi connectivity index (χ1v) is 6.02. The lowest BCUT2D eigenvalue weighted by Gasteiger charge is -2.32. The average molecular weight is 236 g/mol. The Labute approximate surface area is 102 Å². The van der Waals surface area contributed by atoms with Gasteiger partial charge in [0.25, 0.3) is 0 Å². The fourth-order valence-electron chi connectivity index (χ4n) is 2.10. The van der Waals surface area contributed by atoms with Crippen LogP contribution in [-0.4, -0.2) is 33.0 Å². The molecule has 4 nitrogen and oxygen atoms in total. The zero-order chi connectivity index (χ0) is 12.1. The van der Waals surface area contributed by atoms with Crippen molar-refractivity contribution >= 4 is 5.69 Å². The first kappa shape index (κ1) is 12.2. The predicted molar refractivity (Wildman–Crippen MR) is 68.4 cm³/mol. The van der Waals surface area contributed by atoms with E-state index in [0.717, 1.165) is 37.4 Å². The molecule has 0 atom stereocenters. The van der Waals surface area contributed by atoms with Gasteiger partial charge >= 0.3 is 0 Å². The van der Waals surface area contributed by atoms with Gasteiger partial charge in [-0.3, -0.25) is 0 Å². The van der Waals surface area contributed by atoms with E-state index >= 15 is 0 Å². The lowest BCUT2D eigenvalue weighted by molar-refractivity contribution is 0.0514. The quantitative estimate of drug-likeness (QED) is 0.807. The largest absolute Gasteiger partial charge is 0.465 e. The van der Waals surface area contributed by atoms with Crippen LogP contribution < -0.4 is 15.4 Å². The molecule has 1 saturated heterocycles. The van der Waals surface area contributed by atoms with Crippen LogP contribution >= 0.6 is 0 Å². The second-order valence-corrected chi connectivity index (χ2v) is 4.34. The third kappa shape index (κ3) is 3.11. The van der Waals surface area contributed by atoms with Crippen LogP contribution in [0.25, 0.3) is 0 Å². The van der Waals surface area contributed by atoms with E-state index in [9.17, 15) is 0 Å². The molecule has 1 aliphatic rings. The Bertz CT molecular complexity index is 349. The van der Waals surface area contributed by atoms with E-state index in [0.29, 0.717) is 6.04 Å². The zero-order valence-electron chi connectivity index (χ0n) is 10.3. The van der Waals surface area contributed by atoms with Crippen LogP contribution in [-0.2, 0) is 4.74 Å². The Morgan fingerprint density at radius 2 is 2.00 bits per heavy atom. The first-order chi connectivity index (χ1) is 8.31. The van der Waals surface area contributed by atoms with Crippen LogP contribution in [0.1, 0.15) is 12.8 Å². The van der Waals surface area contributed by atoms with Crippen LogP contribution in [0.3, 0.4) is 0 Å². The second kappa shape index (κ2) is 5.89. The Morgan fingerprint density at radius 3 is 2.71 bits per heavy atom. The summed E-state index contributed by atoms with van der Waals surface area (Å²) in [5.74, 6) is 0.879. The molecule has 1 aromatic carbocycles. The number of anilines is 1. The molecule has 0 spiro atoms. The summed E-state index contributed by atoms with van der Waals surface area (Å²) in [5.41, 5.74) is 7.05. The van der Waals surface area contributed by atoms with E-state index < -0.39 is 0 Å². The van der Waals surface area contributed by atoms with Crippen molar-refractivity contribution in [3.05, 3.63) is 24.3 Å². The molecular weight excluding hydrogens is 216 g/mol. The summed E-state index contributed by atoms with van der Waals surface area (Å²) in [6.45, 7) is 2.27. The highest BCUT2D eigenvalue weighted by Gasteiger charge is 2.18. The lowest BCUT2D eigenvalue weighted by Crippen LogP contribution is -2.39. The van der Waals surface area contributed by atoms with Gasteiger partial charge in [0.05, 0.1) is 5.69 Å². The molecule has 1 fully saturated rings. The molecule has 0 aromatic heterocycles. The number of methoxy groups -OCH3 is 1. The molecule has 1 aliphatic heterocycles. The highest BCUT2D eigenvalue weighted by molar-refractivity contribution is 5.58. The summed E-state index contributed by atoms with van der Waals surface area (Å²) < 4.78 is 10.5. The maximum atomic E-state index is 5.92. The van der Waals surface area contributed by atoms with E-state index in [-0.39, 0.29) is 6.79 Å². The zero-order valence-corrected chi connectivity index (χ0v) is 10.3. The van der Waals surface area contributed by atoms with Crippen molar-refractivity contribution in [3.63, 3.8) is 0 Å². The molecule has 2 N–H and O–H groups in total. The van der Waals surface area contributed by atoms with Gasteiger partial charge in [-0.25, -0.2) is 0 Å². The van der Waals surface area contributed by atoms with Crippen molar-refractivity contribution in [2.24, 2.45) is 5.73 Å². The maximum Gasteiger partial charge on any atom is 0.188 e. The third-order valence-corrected chi connectivity index (χ3v) is 3.08. The summed E-state index contributed by atoms with van der Waals surface area (Å²) in [6, 6.07) is 8.41. The van der Waals surface area contributed by atoms with E-state index in [1.54, 1.807) is 7.11 Å². The standard InChI is InChI=1S/C13H20N2O2/c1-16-10-17-13-5-3-2-4-12(13)15-8-6-11(14)7-9-15/h2-5,11H,6-10,14H2,1H3. The number of hydrogen-bond donors (Lipinski definition) is 1. The minimum Gasteiger partial charge on any atom is -0.465 e. The van der Waals surface area contributed by atoms with Gasteiger partial charge in [0.2, 0.25) is 0 Å². The fraction of sp³-hybridized carbons (Fsp3) is 0.538. The van der Waals surface area contributed by atoms with Crippen LogP contribution in [0, 0.1) is 0 Å². The molecule has 0 radical (unpaired) electrons. The summed E-state index contributed by atoms with van der Waals surface area (Å²) >= 11 is 0. The Morgan fingerprint density at radius 1 is 1.29 bits per heavy atom. The van der Waals surface area contributed by atoms with Crippen molar-refractivity contribution in [2.45, 2.75) is 18.9 Å². The number of para-hydroxylation sites is 2. The average Bonchev–Trinajstić information content (AvgIpc) is 2.38. The molecule has 0 unspecified atom stereocenters. The highest BCUT2D eigenvalue weighted by atomic mass is 16.7. The van der Waals surface area contributed by atoms with E-state index in [1.165, 1.54) is 0 Å². The summed E-state index contributed by atoms with van der Waals surface area (Å²) in [4.78, 5) is 2.33. The lowest BCUT2D eigenvalue weighted by atomic mass is 10.1. The molecule has 4 heteroatoms. The number of nitrogens with zero attached hydrogens (tertiary/aromatic N) is 1. The molecule has 94 valence electrons. The van der Waals surface area contributed by atoms with Gasteiger partial charge in [-0.2, -0.15) is 0 Å². The topological polar surface area (TPSA) is 47.7 Å². The minimum absolute atomic E-state index is 0.282. The fourth-order valence-corrected chi connectivity index (χ4v) is 2.10. The monoisotopic (exact) mass is 236 g/mol. The van der Waals surface area contributed by atoms with Gasteiger partial charge in [-0.15, -0.1) is 0 Å². The molecule has 1 aromatic rings. The van der Waals surface area contributed by atoms with Crippen molar-refractivity contribution in [3.8, 4) is 5.75 Å². The molecule has 0 bridgehead atoms. The van der Waals surface area contributed by atoms with Crippen molar-refractivity contribution in [1.29, 1.82) is 0 Å². The first-order valence-electron chi connectivity index (χ1n) is 6.02. The van der Waals surface area contributed by atoms with Gasteiger partial charge < -0.3 is 20.1 Å². The van der Waals surface area contributed by atoms with Crippen LogP contribution in [0.15, 0.2) is 24.3 Å². The number of rotatable bonds is 4. The van der Waals surface area contributed by atoms with Gasteiger partial charge in [0, 0.05) is 26.2 Å². The number of benzene rings is 1. The van der Waals surface area contributed by atoms with Gasteiger partial charge in [0.1, 0.15) is 5.75 Å². The SMILES string of the molecule is COCOc1ccccc1N1CCC(N)CC1. The van der Waals surface area contributed by atoms with Crippen LogP contribution in [0.4, 0.5) is 5.69 Å². The van der Waals surface area contributed by atoms with Gasteiger partial charge in [0.15, 0.2) is 6.79 Å². The molecular formula is C13H20N2O2. The number of ether oxygens (including phenoxy) is 2. The second-order valence-electron chi connectivity index (χ2n) is 4.34. The Balaban J connectivity index is 2.08. The molecule has 1 heterocycles. The Kier molecular flexibility index (Phi) is 4.23. The van der Waals surface area contributed by atoms with Crippen molar-refractivity contribution in [2.75, 3.05) is 31.9 Å². The van der Waals surface area contributed by atoms with Crippen LogP contribution in [0.2, 0.25) is 0 Å². The normalized spacial score (nSPS) is 17.2. The third-order valence-electron chi connectivity index (χ3n) is 3.08. The van der Waals surface area contributed by atoms with E-state index in [1.807, 2.05) is 18.2 Å². The number of piperidine rings is 1. The van der Waals surface area contributed by atoms with E-state index in [2.05, 4.69) is 11.0 Å². The Hall–Kier alpha value is -1.26. The number of nitrogens with two attached hydrogens (primary N) is 1. The van der Waals surface area contributed by atoms with E-state index in [4.69, 9.17) is 15.2 Å². The van der Waals surface area contributed by atoms with Crippen LogP contribution in [0.5, 0.6) is 5.75 Å². The molecule has 17 heavy (non-hydrogen) atoms. The summed E-state index contributed by atoms with van der Waals surface area (Å²) in [5, 5.41) is 0. The smallest absolute Gasteiger partial charge is 0.188 e. The van der Waals surface area contributed by atoms with Gasteiger partial charge in [-0.1, -0.05) is 12.1 Å². The molecule has 0 amide bonds. The summed E-state index contributed by atoms with van der Waals surface area (Å²) in [6.07, 6.45) is 2.08. The maximum absolute atomic E-state index is 5.92. The van der Waals surface area contributed by atoms with Gasteiger partial charge in [-0.05, 0) is 25.0 Å². The van der Waals surface area contributed by atoms with Crippen molar-refractivity contribution < 1.29 is 9.47 Å². The molecule has 2 rings (SSSR count). The van der Waals surface area contributed by atoms with Crippen molar-refractivity contribution in [1.82, 2.24) is 0 Å². The minimum atomic E-state index is 0.282. The predicted octanol–water partition coefficient (Wildman–Crippen LogP) is 1.60. The summed E-state index contributed by atoms with van der Waals surface area (Å²) in [7, 11) is 1.63. The molecule has 0 aliphatic carbocycles. The highest BCUT2D eigenvalue weighted by Crippen LogP contribution is 2.29. The molecule has 0 saturated carbocycles.